The summed E-state index contributed by atoms with van der Waals surface area (Å²) in [5.74, 6) is 0.130. The molecule has 0 radical (unpaired) electrons. The van der Waals surface area contributed by atoms with E-state index in [-0.39, 0.29) is 11.5 Å². The van der Waals surface area contributed by atoms with Crippen LogP contribution >= 0.6 is 0 Å². The summed E-state index contributed by atoms with van der Waals surface area (Å²) in [6.45, 7) is 3.97. The number of ether oxygens (including phenoxy) is 1. The van der Waals surface area contributed by atoms with Crippen LogP contribution in [0.2, 0.25) is 0 Å². The lowest BCUT2D eigenvalue weighted by molar-refractivity contribution is -0.106. The molecule has 12 heavy (non-hydrogen) atoms. The average molecular weight is 166 g/mol. The van der Waals surface area contributed by atoms with Crippen LogP contribution in [0.4, 0.5) is 0 Å². The molecule has 2 nitrogen and oxygen atoms in total. The van der Waals surface area contributed by atoms with Gasteiger partial charge in [0, 0.05) is 13.0 Å². The first-order valence-corrected chi connectivity index (χ1v) is 4.04. The normalized spacial score (nSPS) is 34.6. The SMILES string of the molecule is COC1(C)C=CC=C(C=O)C1C. The zero-order valence-electron chi connectivity index (χ0n) is 7.70. The Morgan fingerprint density at radius 1 is 1.67 bits per heavy atom. The molecule has 0 saturated heterocycles. The van der Waals surface area contributed by atoms with E-state index in [0.717, 1.165) is 11.9 Å². The van der Waals surface area contributed by atoms with E-state index in [2.05, 4.69) is 0 Å². The Balaban J connectivity index is 2.94. The Labute approximate surface area is 72.9 Å². The number of methoxy groups -OCH3 is 1. The van der Waals surface area contributed by atoms with Gasteiger partial charge in [-0.2, -0.15) is 0 Å². The molecule has 2 heteroatoms. The number of hydrogen-bond donors (Lipinski definition) is 0. The van der Waals surface area contributed by atoms with Crippen LogP contribution in [-0.4, -0.2) is 19.0 Å². The largest absolute Gasteiger partial charge is 0.374 e. The number of hydrogen-bond acceptors (Lipinski definition) is 2. The zero-order valence-corrected chi connectivity index (χ0v) is 7.70. The highest BCUT2D eigenvalue weighted by Gasteiger charge is 2.32. The summed E-state index contributed by atoms with van der Waals surface area (Å²) in [6.07, 6.45) is 6.57. The predicted octanol–water partition coefficient (Wildman–Crippen LogP) is 1.72. The van der Waals surface area contributed by atoms with Gasteiger partial charge in [0.2, 0.25) is 0 Å². The summed E-state index contributed by atoms with van der Waals surface area (Å²) in [5, 5.41) is 0. The predicted molar refractivity (Wildman–Crippen MR) is 47.9 cm³/mol. The lowest BCUT2D eigenvalue weighted by Crippen LogP contribution is -2.35. The molecule has 0 aromatic rings. The van der Waals surface area contributed by atoms with E-state index in [0.29, 0.717) is 0 Å². The van der Waals surface area contributed by atoms with Gasteiger partial charge in [-0.05, 0) is 12.5 Å². The molecule has 0 heterocycles. The third-order valence-corrected chi connectivity index (χ3v) is 2.65. The Morgan fingerprint density at radius 3 is 2.83 bits per heavy atom. The molecule has 0 bridgehead atoms. The highest BCUT2D eigenvalue weighted by molar-refractivity contribution is 5.75. The number of aldehydes is 1. The van der Waals surface area contributed by atoms with Crippen LogP contribution in [0.5, 0.6) is 0 Å². The first kappa shape index (κ1) is 9.20. The van der Waals surface area contributed by atoms with Crippen molar-refractivity contribution >= 4 is 6.29 Å². The fraction of sp³-hybridized carbons (Fsp3) is 0.500. The van der Waals surface area contributed by atoms with E-state index < -0.39 is 0 Å². The third-order valence-electron chi connectivity index (χ3n) is 2.65. The number of allylic oxidation sites excluding steroid dienone is 2. The number of carbonyl (C=O) groups excluding carboxylic acids is 1. The summed E-state index contributed by atoms with van der Waals surface area (Å²) < 4.78 is 5.34. The van der Waals surface area contributed by atoms with Crippen LogP contribution in [-0.2, 0) is 9.53 Å². The minimum absolute atomic E-state index is 0.130. The fourth-order valence-corrected chi connectivity index (χ4v) is 1.36. The zero-order chi connectivity index (χ0) is 9.19. The Hall–Kier alpha value is -0.890. The average Bonchev–Trinajstić information content (AvgIpc) is 2.10. The van der Waals surface area contributed by atoms with E-state index >= 15 is 0 Å². The Bertz CT molecular complexity index is 240. The summed E-state index contributed by atoms with van der Waals surface area (Å²) in [6, 6.07) is 0. The summed E-state index contributed by atoms with van der Waals surface area (Å²) in [4.78, 5) is 10.6. The molecule has 0 aliphatic heterocycles. The minimum atomic E-state index is -0.328. The monoisotopic (exact) mass is 166 g/mol. The van der Waals surface area contributed by atoms with E-state index in [1.807, 2.05) is 32.1 Å². The van der Waals surface area contributed by atoms with E-state index in [1.54, 1.807) is 7.11 Å². The summed E-state index contributed by atoms with van der Waals surface area (Å²) >= 11 is 0. The number of rotatable bonds is 2. The molecule has 0 aromatic heterocycles. The van der Waals surface area contributed by atoms with Gasteiger partial charge in [0.25, 0.3) is 0 Å². The Kier molecular flexibility index (Phi) is 2.48. The molecule has 0 amide bonds. The van der Waals surface area contributed by atoms with Crippen molar-refractivity contribution in [2.75, 3.05) is 7.11 Å². The molecule has 0 fully saturated rings. The van der Waals surface area contributed by atoms with Crippen molar-refractivity contribution in [1.29, 1.82) is 0 Å². The van der Waals surface area contributed by atoms with Gasteiger partial charge in [-0.3, -0.25) is 4.79 Å². The van der Waals surface area contributed by atoms with Gasteiger partial charge in [0.15, 0.2) is 0 Å². The van der Waals surface area contributed by atoms with E-state index in [1.165, 1.54) is 0 Å². The van der Waals surface area contributed by atoms with Crippen molar-refractivity contribution in [3.8, 4) is 0 Å². The second-order valence-electron chi connectivity index (χ2n) is 3.25. The second kappa shape index (κ2) is 3.23. The molecule has 1 aliphatic carbocycles. The first-order valence-electron chi connectivity index (χ1n) is 4.04. The summed E-state index contributed by atoms with van der Waals surface area (Å²) in [5.41, 5.74) is 0.465. The molecule has 0 spiro atoms. The molecule has 2 atom stereocenters. The van der Waals surface area contributed by atoms with Gasteiger partial charge in [0.05, 0.1) is 5.60 Å². The minimum Gasteiger partial charge on any atom is -0.374 e. The topological polar surface area (TPSA) is 26.3 Å². The van der Waals surface area contributed by atoms with Gasteiger partial charge in [-0.1, -0.05) is 25.2 Å². The second-order valence-corrected chi connectivity index (χ2v) is 3.25. The van der Waals surface area contributed by atoms with Crippen LogP contribution in [0.1, 0.15) is 13.8 Å². The van der Waals surface area contributed by atoms with Crippen molar-refractivity contribution in [3.05, 3.63) is 23.8 Å². The van der Waals surface area contributed by atoms with Gasteiger partial charge < -0.3 is 4.74 Å². The highest BCUT2D eigenvalue weighted by Crippen LogP contribution is 2.30. The third kappa shape index (κ3) is 1.34. The van der Waals surface area contributed by atoms with E-state index in [9.17, 15) is 4.79 Å². The quantitative estimate of drug-likeness (QED) is 0.584. The number of carbonyl (C=O) groups is 1. The summed E-state index contributed by atoms with van der Waals surface area (Å²) in [7, 11) is 1.66. The molecule has 0 saturated carbocycles. The lowest BCUT2D eigenvalue weighted by Gasteiger charge is -2.33. The molecular weight excluding hydrogens is 152 g/mol. The molecule has 1 aliphatic rings. The van der Waals surface area contributed by atoms with Crippen LogP contribution in [0.3, 0.4) is 0 Å². The Morgan fingerprint density at radius 2 is 2.33 bits per heavy atom. The molecule has 1 rings (SSSR count). The molecular formula is C10H14O2. The first-order chi connectivity index (χ1) is 5.64. The maximum atomic E-state index is 10.6. The lowest BCUT2D eigenvalue weighted by atomic mass is 9.81. The molecule has 2 unspecified atom stereocenters. The van der Waals surface area contributed by atoms with E-state index in [4.69, 9.17) is 4.74 Å². The maximum Gasteiger partial charge on any atom is 0.146 e. The van der Waals surface area contributed by atoms with Crippen LogP contribution in [0.25, 0.3) is 0 Å². The van der Waals surface area contributed by atoms with Crippen molar-refractivity contribution in [2.45, 2.75) is 19.4 Å². The smallest absolute Gasteiger partial charge is 0.146 e. The molecule has 66 valence electrons. The van der Waals surface area contributed by atoms with Gasteiger partial charge in [-0.25, -0.2) is 0 Å². The van der Waals surface area contributed by atoms with Gasteiger partial charge in [-0.15, -0.1) is 0 Å². The van der Waals surface area contributed by atoms with Crippen LogP contribution < -0.4 is 0 Å². The van der Waals surface area contributed by atoms with Crippen LogP contribution in [0, 0.1) is 5.92 Å². The standard InChI is InChI=1S/C10H14O2/c1-8-9(7-11)5-4-6-10(8,2)12-3/h4-8H,1-3H3. The van der Waals surface area contributed by atoms with Crippen molar-refractivity contribution in [2.24, 2.45) is 5.92 Å². The fourth-order valence-electron chi connectivity index (χ4n) is 1.36. The van der Waals surface area contributed by atoms with Crippen LogP contribution in [0.15, 0.2) is 23.8 Å². The van der Waals surface area contributed by atoms with Gasteiger partial charge in [0.1, 0.15) is 6.29 Å². The van der Waals surface area contributed by atoms with Crippen molar-refractivity contribution < 1.29 is 9.53 Å². The maximum absolute atomic E-state index is 10.6. The molecule has 0 aromatic carbocycles. The molecule has 0 N–H and O–H groups in total. The highest BCUT2D eigenvalue weighted by atomic mass is 16.5. The van der Waals surface area contributed by atoms with Crippen molar-refractivity contribution in [1.82, 2.24) is 0 Å². The van der Waals surface area contributed by atoms with Gasteiger partial charge >= 0.3 is 0 Å². The van der Waals surface area contributed by atoms with Crippen molar-refractivity contribution in [3.63, 3.8) is 0 Å².